The van der Waals surface area contributed by atoms with E-state index in [1.807, 2.05) is 30.3 Å². The summed E-state index contributed by atoms with van der Waals surface area (Å²) in [5.74, 6) is -1.16. The highest BCUT2D eigenvalue weighted by molar-refractivity contribution is 6.07. The van der Waals surface area contributed by atoms with Crippen molar-refractivity contribution in [3.63, 3.8) is 0 Å². The zero-order valence-corrected chi connectivity index (χ0v) is 23.5. The lowest BCUT2D eigenvalue weighted by molar-refractivity contribution is -0.137. The van der Waals surface area contributed by atoms with Crippen molar-refractivity contribution in [3.8, 4) is 5.75 Å². The second kappa shape index (κ2) is 12.1. The number of carboxylic acids is 1. The molecule has 0 aliphatic carbocycles. The van der Waals surface area contributed by atoms with Crippen LogP contribution >= 0.6 is 0 Å². The molecule has 2 aliphatic rings. The molecule has 0 saturated carbocycles. The quantitative estimate of drug-likeness (QED) is 0.320. The van der Waals surface area contributed by atoms with Crippen molar-refractivity contribution in [2.45, 2.75) is 45.4 Å². The van der Waals surface area contributed by atoms with E-state index in [0.29, 0.717) is 49.6 Å². The number of ether oxygens (including phenoxy) is 2. The molecule has 42 heavy (non-hydrogen) atoms. The molecule has 5 rings (SSSR count). The average Bonchev–Trinajstić information content (AvgIpc) is 3.51. The van der Waals surface area contributed by atoms with Crippen LogP contribution in [0.4, 0.5) is 24.5 Å². The molecular formula is C32H33F3N2O5. The number of hydrogen-bond acceptors (Lipinski definition) is 5. The van der Waals surface area contributed by atoms with Gasteiger partial charge >= 0.3 is 12.1 Å². The van der Waals surface area contributed by atoms with Crippen molar-refractivity contribution in [2.24, 2.45) is 5.92 Å². The van der Waals surface area contributed by atoms with Crippen LogP contribution in [0.25, 0.3) is 0 Å². The van der Waals surface area contributed by atoms with Gasteiger partial charge in [0.2, 0.25) is 0 Å². The monoisotopic (exact) mass is 582 g/mol. The van der Waals surface area contributed by atoms with Crippen LogP contribution in [0.15, 0.2) is 54.6 Å². The van der Waals surface area contributed by atoms with Crippen LogP contribution < -0.4 is 15.0 Å². The zero-order chi connectivity index (χ0) is 30.0. The average molecular weight is 583 g/mol. The number of fused-ring (bicyclic) bond motifs is 1. The van der Waals surface area contributed by atoms with Crippen LogP contribution in [0.1, 0.15) is 44.6 Å². The SMILES string of the molecule is Cc1cc(OCCc2ccccc2)cc(C)c1C(=O)Nc1cc(CC(=O)O)c(N2C[C@@H]3CCO[C@@H]3C2)cc1C(F)(F)F. The number of carboxylic acid groups (broad SMARTS) is 1. The third-order valence-corrected chi connectivity index (χ3v) is 7.89. The highest BCUT2D eigenvalue weighted by Gasteiger charge is 2.40. The Bertz CT molecular complexity index is 1440. The minimum absolute atomic E-state index is 0.0902. The molecule has 0 bridgehead atoms. The van der Waals surface area contributed by atoms with Crippen molar-refractivity contribution < 1.29 is 37.3 Å². The van der Waals surface area contributed by atoms with Crippen LogP contribution in [0.3, 0.4) is 0 Å². The van der Waals surface area contributed by atoms with Crippen LogP contribution in [0.2, 0.25) is 0 Å². The van der Waals surface area contributed by atoms with Gasteiger partial charge in [0.25, 0.3) is 5.91 Å². The Kier molecular flexibility index (Phi) is 8.45. The Balaban J connectivity index is 1.40. The smallest absolute Gasteiger partial charge is 0.418 e. The molecule has 0 radical (unpaired) electrons. The lowest BCUT2D eigenvalue weighted by Crippen LogP contribution is -2.26. The van der Waals surface area contributed by atoms with Gasteiger partial charge in [-0.2, -0.15) is 13.2 Å². The van der Waals surface area contributed by atoms with Gasteiger partial charge < -0.3 is 24.8 Å². The van der Waals surface area contributed by atoms with E-state index >= 15 is 0 Å². The topological polar surface area (TPSA) is 88.1 Å². The maximum atomic E-state index is 14.3. The Morgan fingerprint density at radius 2 is 1.79 bits per heavy atom. The third kappa shape index (κ3) is 6.54. The highest BCUT2D eigenvalue weighted by atomic mass is 19.4. The molecule has 2 N–H and O–H groups in total. The van der Waals surface area contributed by atoms with Crippen molar-refractivity contribution in [2.75, 3.05) is 36.5 Å². The second-order valence-electron chi connectivity index (χ2n) is 10.9. The maximum Gasteiger partial charge on any atom is 0.418 e. The minimum atomic E-state index is -4.79. The van der Waals surface area contributed by atoms with Crippen LogP contribution in [0, 0.1) is 19.8 Å². The summed E-state index contributed by atoms with van der Waals surface area (Å²) in [5.41, 5.74) is 1.32. The number of carbonyl (C=O) groups excluding carboxylic acids is 1. The molecule has 0 aromatic heterocycles. The molecule has 10 heteroatoms. The summed E-state index contributed by atoms with van der Waals surface area (Å²) in [7, 11) is 0. The van der Waals surface area contributed by atoms with E-state index < -0.39 is 35.7 Å². The Morgan fingerprint density at radius 3 is 2.43 bits per heavy atom. The van der Waals surface area contributed by atoms with Crippen LogP contribution in [-0.4, -0.2) is 49.4 Å². The van der Waals surface area contributed by atoms with Gasteiger partial charge in [-0.3, -0.25) is 9.59 Å². The van der Waals surface area contributed by atoms with Crippen molar-refractivity contribution >= 4 is 23.3 Å². The lowest BCUT2D eigenvalue weighted by atomic mass is 9.99. The number of rotatable bonds is 9. The Morgan fingerprint density at radius 1 is 1.07 bits per heavy atom. The molecule has 222 valence electrons. The van der Waals surface area contributed by atoms with E-state index in [1.54, 1.807) is 30.9 Å². The molecule has 2 saturated heterocycles. The first-order chi connectivity index (χ1) is 20.0. The maximum absolute atomic E-state index is 14.3. The number of amides is 1. The van der Waals surface area contributed by atoms with Gasteiger partial charge in [0.1, 0.15) is 5.75 Å². The molecule has 1 amide bonds. The summed E-state index contributed by atoms with van der Waals surface area (Å²) >= 11 is 0. The number of aliphatic carboxylic acids is 1. The molecule has 3 aromatic rings. The number of benzene rings is 3. The van der Waals surface area contributed by atoms with Gasteiger partial charge in [0, 0.05) is 43.3 Å². The molecule has 0 unspecified atom stereocenters. The number of alkyl halides is 3. The lowest BCUT2D eigenvalue weighted by Gasteiger charge is -2.26. The minimum Gasteiger partial charge on any atom is -0.493 e. The Labute approximate surface area is 242 Å². The fourth-order valence-electron chi connectivity index (χ4n) is 5.93. The first-order valence-electron chi connectivity index (χ1n) is 13.9. The van der Waals surface area contributed by atoms with E-state index in [0.717, 1.165) is 24.1 Å². The van der Waals surface area contributed by atoms with Crippen molar-refractivity contribution in [1.82, 2.24) is 0 Å². The van der Waals surface area contributed by atoms with E-state index in [9.17, 15) is 27.9 Å². The summed E-state index contributed by atoms with van der Waals surface area (Å²) in [6.45, 7) is 5.30. The van der Waals surface area contributed by atoms with Gasteiger partial charge in [0.05, 0.1) is 30.4 Å². The first-order valence-corrected chi connectivity index (χ1v) is 13.9. The summed E-state index contributed by atoms with van der Waals surface area (Å²) in [4.78, 5) is 26.8. The molecule has 2 heterocycles. The summed E-state index contributed by atoms with van der Waals surface area (Å²) < 4.78 is 54.5. The van der Waals surface area contributed by atoms with Gasteiger partial charge in [0.15, 0.2) is 0 Å². The molecule has 2 aliphatic heterocycles. The molecule has 2 atom stereocenters. The predicted molar refractivity (Wildman–Crippen MR) is 152 cm³/mol. The third-order valence-electron chi connectivity index (χ3n) is 7.89. The van der Waals surface area contributed by atoms with E-state index in [-0.39, 0.29) is 28.8 Å². The summed E-state index contributed by atoms with van der Waals surface area (Å²) in [6, 6.07) is 15.3. The van der Waals surface area contributed by atoms with E-state index in [1.165, 1.54) is 0 Å². The zero-order valence-electron chi connectivity index (χ0n) is 23.5. The Hall–Kier alpha value is -4.05. The largest absolute Gasteiger partial charge is 0.493 e. The van der Waals surface area contributed by atoms with Crippen molar-refractivity contribution in [3.05, 3.63) is 88.0 Å². The molecule has 0 spiro atoms. The van der Waals surface area contributed by atoms with Crippen molar-refractivity contribution in [1.29, 1.82) is 0 Å². The van der Waals surface area contributed by atoms with E-state index in [4.69, 9.17) is 9.47 Å². The number of nitrogens with one attached hydrogen (secondary N) is 1. The van der Waals surface area contributed by atoms with E-state index in [2.05, 4.69) is 5.32 Å². The second-order valence-corrected chi connectivity index (χ2v) is 10.9. The highest BCUT2D eigenvalue weighted by Crippen LogP contribution is 2.42. The van der Waals surface area contributed by atoms with Gasteiger partial charge in [-0.25, -0.2) is 0 Å². The molecule has 7 nitrogen and oxygen atoms in total. The van der Waals surface area contributed by atoms with Gasteiger partial charge in [-0.05, 0) is 66.8 Å². The normalized spacial score (nSPS) is 18.2. The number of nitrogens with zero attached hydrogens (tertiary/aromatic N) is 1. The standard InChI is InChI=1S/C32H33F3N2O5/c1-19-12-24(41-10-8-21-6-4-3-5-7-21)13-20(2)30(19)31(40)36-26-14-23(15-29(38)39)27(16-25(26)32(33,34)35)37-17-22-9-11-42-28(22)18-37/h3-7,12-14,16,22,28H,8-11,15,17-18H2,1-2H3,(H,36,40)(H,38,39)/t22-,28+/m0/s1. The fraction of sp³-hybridized carbons (Fsp3) is 0.375. The predicted octanol–water partition coefficient (Wildman–Crippen LogP) is 6.05. The van der Waals surface area contributed by atoms with Crippen LogP contribution in [-0.2, 0) is 28.5 Å². The van der Waals surface area contributed by atoms with Gasteiger partial charge in [-0.15, -0.1) is 0 Å². The molecular weight excluding hydrogens is 549 g/mol. The number of aryl methyl sites for hydroxylation is 2. The van der Waals surface area contributed by atoms with Crippen LogP contribution in [0.5, 0.6) is 5.75 Å². The summed E-state index contributed by atoms with van der Waals surface area (Å²) in [6.07, 6.45) is -3.86. The first kappa shape index (κ1) is 29.4. The summed E-state index contributed by atoms with van der Waals surface area (Å²) in [5, 5.41) is 12.0. The number of anilines is 2. The fourth-order valence-corrected chi connectivity index (χ4v) is 5.93. The molecule has 3 aromatic carbocycles. The number of halogens is 3. The number of hydrogen-bond donors (Lipinski definition) is 2. The number of carbonyl (C=O) groups is 2. The molecule has 2 fully saturated rings. The van der Waals surface area contributed by atoms with Gasteiger partial charge in [-0.1, -0.05) is 30.3 Å².